The fourth-order valence-corrected chi connectivity index (χ4v) is 5.13. The molecule has 166 valence electrons. The number of aromatic nitrogens is 4. The number of fused-ring (bicyclic) bond motifs is 1. The smallest absolute Gasteiger partial charge is 0.346 e. The Labute approximate surface area is 188 Å². The Bertz CT molecular complexity index is 1380. The lowest BCUT2D eigenvalue weighted by molar-refractivity contribution is -0.117. The van der Waals surface area contributed by atoms with E-state index < -0.39 is 17.7 Å². The van der Waals surface area contributed by atoms with Crippen LogP contribution in [0.1, 0.15) is 9.88 Å². The fourth-order valence-electron chi connectivity index (χ4n) is 3.11. The Morgan fingerprint density at radius 3 is 2.69 bits per heavy atom. The van der Waals surface area contributed by atoms with Crippen molar-refractivity contribution >= 4 is 38.8 Å². The van der Waals surface area contributed by atoms with Gasteiger partial charge in [0.1, 0.15) is 11.3 Å². The van der Waals surface area contributed by atoms with Crippen molar-refractivity contribution in [1.29, 1.82) is 0 Å². The summed E-state index contributed by atoms with van der Waals surface area (Å²) in [6.45, 7) is -0.411. The summed E-state index contributed by atoms with van der Waals surface area (Å²) < 4.78 is 28.9. The summed E-state index contributed by atoms with van der Waals surface area (Å²) >= 11 is 2.94. The summed E-state index contributed by atoms with van der Waals surface area (Å²) in [6, 6.07) is 9.71. The normalized spacial score (nSPS) is 11.2. The first-order valence-corrected chi connectivity index (χ1v) is 11.1. The highest BCUT2D eigenvalue weighted by Crippen LogP contribution is 2.32. The van der Waals surface area contributed by atoms with E-state index >= 15 is 0 Å². The van der Waals surface area contributed by atoms with E-state index in [1.807, 2.05) is 30.3 Å². The van der Waals surface area contributed by atoms with Gasteiger partial charge in [0.25, 0.3) is 6.08 Å². The van der Waals surface area contributed by atoms with Crippen molar-refractivity contribution in [1.82, 2.24) is 19.3 Å². The summed E-state index contributed by atoms with van der Waals surface area (Å²) in [7, 11) is 0. The number of hydrogen-bond donors (Lipinski definition) is 2. The minimum atomic E-state index is -1.89. The number of hydrogen-bond acceptors (Lipinski definition) is 7. The second-order valence-corrected chi connectivity index (χ2v) is 9.25. The molecule has 0 atom stereocenters. The van der Waals surface area contributed by atoms with Crippen molar-refractivity contribution in [3.05, 3.63) is 68.7 Å². The number of nitrogens with two attached hydrogens (primary N) is 2. The number of carbonyl (C=O) groups excluding carboxylic acids is 1. The largest absolute Gasteiger partial charge is 0.369 e. The third-order valence-electron chi connectivity index (χ3n) is 4.68. The first-order chi connectivity index (χ1) is 15.3. The molecule has 0 saturated heterocycles. The van der Waals surface area contributed by atoms with Crippen LogP contribution < -0.4 is 17.2 Å². The maximum absolute atomic E-state index is 12.8. The van der Waals surface area contributed by atoms with Gasteiger partial charge in [0.15, 0.2) is 0 Å². The van der Waals surface area contributed by atoms with Gasteiger partial charge in [-0.25, -0.2) is 14.5 Å². The predicted molar refractivity (Wildman–Crippen MR) is 120 cm³/mol. The van der Waals surface area contributed by atoms with Crippen LogP contribution in [0.2, 0.25) is 0 Å². The van der Waals surface area contributed by atoms with E-state index in [4.69, 9.17) is 11.5 Å². The van der Waals surface area contributed by atoms with Gasteiger partial charge >= 0.3 is 5.69 Å². The van der Waals surface area contributed by atoms with Gasteiger partial charge in [0, 0.05) is 21.9 Å². The highest BCUT2D eigenvalue weighted by atomic mass is 32.1. The Morgan fingerprint density at radius 1 is 1.16 bits per heavy atom. The van der Waals surface area contributed by atoms with Gasteiger partial charge in [-0.3, -0.25) is 9.36 Å². The quantitative estimate of drug-likeness (QED) is 0.405. The Hall–Kier alpha value is -3.22. The van der Waals surface area contributed by atoms with Crippen molar-refractivity contribution in [2.45, 2.75) is 19.5 Å². The molecule has 1 aromatic carbocycles. The summed E-state index contributed by atoms with van der Waals surface area (Å²) in [4.78, 5) is 29.9. The van der Waals surface area contributed by atoms with Crippen LogP contribution >= 0.6 is 22.7 Å². The molecule has 0 aliphatic rings. The molecule has 12 heteroatoms. The molecule has 1 amide bonds. The number of amides is 1. The molecular formula is C20H18F2N6O2S2. The second kappa shape index (κ2) is 9.10. The van der Waals surface area contributed by atoms with Crippen LogP contribution in [0.4, 0.5) is 8.78 Å². The van der Waals surface area contributed by atoms with Crippen LogP contribution in [0.3, 0.4) is 0 Å². The Balaban J connectivity index is 1.53. The lowest BCUT2D eigenvalue weighted by atomic mass is 10.2. The highest BCUT2D eigenvalue weighted by molar-refractivity contribution is 7.18. The second-order valence-electron chi connectivity index (χ2n) is 6.97. The molecule has 0 unspecified atom stereocenters. The van der Waals surface area contributed by atoms with Gasteiger partial charge in [0.05, 0.1) is 29.7 Å². The SMILES string of the molecule is NCC(Cn1ncn(Cc2ccc(-c3ccc4nc(CC(N)=O)sc4c3)s2)c1=O)=C(F)F. The monoisotopic (exact) mass is 476 g/mol. The number of rotatable bonds is 8. The zero-order valence-electron chi connectivity index (χ0n) is 16.6. The number of carbonyl (C=O) groups is 1. The first-order valence-electron chi connectivity index (χ1n) is 9.46. The van der Waals surface area contributed by atoms with E-state index in [0.717, 1.165) is 30.2 Å². The van der Waals surface area contributed by atoms with Crippen molar-refractivity contribution < 1.29 is 13.6 Å². The van der Waals surface area contributed by atoms with Gasteiger partial charge in [-0.15, -0.1) is 22.7 Å². The maximum atomic E-state index is 12.8. The zero-order valence-corrected chi connectivity index (χ0v) is 18.3. The minimum Gasteiger partial charge on any atom is -0.369 e. The van der Waals surface area contributed by atoms with Gasteiger partial charge in [0.2, 0.25) is 5.91 Å². The van der Waals surface area contributed by atoms with Crippen molar-refractivity contribution in [2.75, 3.05) is 6.54 Å². The van der Waals surface area contributed by atoms with Gasteiger partial charge < -0.3 is 11.5 Å². The fraction of sp³-hybridized carbons (Fsp3) is 0.200. The van der Waals surface area contributed by atoms with Crippen LogP contribution in [0.15, 0.2) is 53.1 Å². The molecule has 0 aliphatic heterocycles. The lowest BCUT2D eigenvalue weighted by Gasteiger charge is -2.02. The summed E-state index contributed by atoms with van der Waals surface area (Å²) in [5.41, 5.74) is 11.5. The van der Waals surface area contributed by atoms with E-state index in [1.54, 1.807) is 0 Å². The standard InChI is InChI=1S/C20H18F2N6O2S2/c21-19(22)12(7-23)8-28-20(30)27(10-25-28)9-13-2-4-15(31-13)11-1-3-14-16(5-11)32-18(26-14)6-17(24)29/h1-5,10H,6-9,23H2,(H2,24,29). The number of primary amides is 1. The summed E-state index contributed by atoms with van der Waals surface area (Å²) in [5.74, 6) is -0.421. The van der Waals surface area contributed by atoms with Gasteiger partial charge in [-0.2, -0.15) is 13.9 Å². The summed E-state index contributed by atoms with van der Waals surface area (Å²) in [5, 5.41) is 4.59. The molecule has 0 spiro atoms. The first kappa shape index (κ1) is 22.0. The molecule has 0 fully saturated rings. The number of halogens is 2. The predicted octanol–water partition coefficient (Wildman–Crippen LogP) is 2.57. The topological polar surface area (TPSA) is 122 Å². The van der Waals surface area contributed by atoms with Crippen LogP contribution in [0.5, 0.6) is 0 Å². The molecule has 3 heterocycles. The number of thiazole rings is 1. The molecule has 4 rings (SSSR count). The van der Waals surface area contributed by atoms with Crippen molar-refractivity contribution in [3.8, 4) is 10.4 Å². The Kier molecular flexibility index (Phi) is 6.26. The van der Waals surface area contributed by atoms with E-state index in [-0.39, 0.29) is 31.6 Å². The average molecular weight is 477 g/mol. The van der Waals surface area contributed by atoms with E-state index in [0.29, 0.717) is 5.01 Å². The molecule has 32 heavy (non-hydrogen) atoms. The average Bonchev–Trinajstić information content (AvgIpc) is 3.45. The highest BCUT2D eigenvalue weighted by Gasteiger charge is 2.13. The molecule has 3 aromatic heterocycles. The van der Waals surface area contributed by atoms with Crippen molar-refractivity contribution in [3.63, 3.8) is 0 Å². The van der Waals surface area contributed by atoms with E-state index in [9.17, 15) is 18.4 Å². The van der Waals surface area contributed by atoms with Gasteiger partial charge in [-0.05, 0) is 29.8 Å². The molecule has 4 N–H and O–H groups in total. The van der Waals surface area contributed by atoms with Crippen LogP contribution in [-0.2, 0) is 24.3 Å². The van der Waals surface area contributed by atoms with Crippen LogP contribution in [-0.4, -0.2) is 31.8 Å². The Morgan fingerprint density at radius 2 is 1.97 bits per heavy atom. The number of thiophene rings is 1. The summed E-state index contributed by atoms with van der Waals surface area (Å²) in [6.07, 6.45) is -0.451. The van der Waals surface area contributed by atoms with Crippen molar-refractivity contribution in [2.24, 2.45) is 11.5 Å². The molecular weight excluding hydrogens is 458 g/mol. The number of nitrogens with zero attached hydrogens (tertiary/aromatic N) is 4. The minimum absolute atomic E-state index is 0.112. The molecule has 0 saturated carbocycles. The van der Waals surface area contributed by atoms with Gasteiger partial charge in [-0.1, -0.05) is 6.07 Å². The zero-order chi connectivity index (χ0) is 22.8. The molecule has 0 aliphatic carbocycles. The maximum Gasteiger partial charge on any atom is 0.346 e. The molecule has 0 radical (unpaired) electrons. The van der Waals surface area contributed by atoms with Crippen LogP contribution in [0, 0.1) is 0 Å². The molecule has 8 nitrogen and oxygen atoms in total. The lowest BCUT2D eigenvalue weighted by Crippen LogP contribution is -2.27. The van der Waals surface area contributed by atoms with E-state index in [2.05, 4.69) is 10.1 Å². The van der Waals surface area contributed by atoms with Crippen LogP contribution in [0.25, 0.3) is 20.7 Å². The third-order valence-corrected chi connectivity index (χ3v) is 6.82. The number of benzene rings is 1. The van der Waals surface area contributed by atoms with E-state index in [1.165, 1.54) is 33.6 Å². The molecule has 0 bridgehead atoms. The molecule has 4 aromatic rings. The third kappa shape index (κ3) is 4.66.